The molecule has 0 aliphatic heterocycles. The van der Waals surface area contributed by atoms with E-state index in [1.807, 2.05) is 0 Å². The van der Waals surface area contributed by atoms with Gasteiger partial charge in [-0.2, -0.15) is 11.3 Å². The van der Waals surface area contributed by atoms with Crippen molar-refractivity contribution >= 4 is 11.3 Å². The third-order valence-electron chi connectivity index (χ3n) is 2.51. The van der Waals surface area contributed by atoms with Gasteiger partial charge in [0.2, 0.25) is 0 Å². The Kier molecular flexibility index (Phi) is 2.20. The Hall–Kier alpha value is -0.340. The molecule has 0 atom stereocenters. The number of thiophene rings is 1. The fraction of sp³-hybridized carbons (Fsp3) is 0.600. The molecule has 1 nitrogen and oxygen atoms in total. The van der Waals surface area contributed by atoms with Crippen LogP contribution < -0.4 is 0 Å². The fourth-order valence-electron chi connectivity index (χ4n) is 1.45. The van der Waals surface area contributed by atoms with Crippen molar-refractivity contribution in [3.63, 3.8) is 0 Å². The van der Waals surface area contributed by atoms with E-state index in [1.165, 1.54) is 5.56 Å². The highest BCUT2D eigenvalue weighted by Gasteiger charge is 2.39. The van der Waals surface area contributed by atoms with Gasteiger partial charge in [-0.3, -0.25) is 0 Å². The van der Waals surface area contributed by atoms with Gasteiger partial charge in [0.15, 0.2) is 0 Å². The highest BCUT2D eigenvalue weighted by Crippen LogP contribution is 2.39. The van der Waals surface area contributed by atoms with Gasteiger partial charge in [0.05, 0.1) is 5.60 Å². The molecule has 1 heterocycles. The highest BCUT2D eigenvalue weighted by atomic mass is 32.1. The molecule has 1 fully saturated rings. The summed E-state index contributed by atoms with van der Waals surface area (Å²) in [6.07, 6.45) is 5.30. The summed E-state index contributed by atoms with van der Waals surface area (Å²) in [5, 5.41) is 13.9. The summed E-state index contributed by atoms with van der Waals surface area (Å²) in [6, 6.07) is 2.17. The summed E-state index contributed by atoms with van der Waals surface area (Å²) in [5.41, 5.74) is 1.17. The van der Waals surface area contributed by atoms with E-state index in [-0.39, 0.29) is 5.60 Å². The molecule has 0 saturated heterocycles. The van der Waals surface area contributed by atoms with Crippen LogP contribution in [0.2, 0.25) is 0 Å². The number of aryl methyl sites for hydroxylation is 1. The average molecular weight is 182 g/mol. The van der Waals surface area contributed by atoms with E-state index in [9.17, 15) is 5.11 Å². The monoisotopic (exact) mass is 182 g/mol. The minimum absolute atomic E-state index is 0.254. The molecule has 0 unspecified atom stereocenters. The van der Waals surface area contributed by atoms with Crippen LogP contribution in [0.1, 0.15) is 31.2 Å². The maximum Gasteiger partial charge on any atom is 0.0650 e. The molecule has 0 amide bonds. The highest BCUT2D eigenvalue weighted by molar-refractivity contribution is 7.07. The number of rotatable bonds is 4. The van der Waals surface area contributed by atoms with Crippen LogP contribution in [-0.4, -0.2) is 10.7 Å². The van der Waals surface area contributed by atoms with Gasteiger partial charge in [0.1, 0.15) is 0 Å². The molecule has 1 aromatic heterocycles. The van der Waals surface area contributed by atoms with Crippen molar-refractivity contribution in [2.75, 3.05) is 0 Å². The summed E-state index contributed by atoms with van der Waals surface area (Å²) >= 11 is 1.75. The first-order chi connectivity index (χ1) is 5.79. The van der Waals surface area contributed by atoms with Crippen LogP contribution >= 0.6 is 11.3 Å². The van der Waals surface area contributed by atoms with Crippen LogP contribution in [0.5, 0.6) is 0 Å². The first-order valence-corrected chi connectivity index (χ1v) is 5.46. The molecule has 1 aliphatic rings. The van der Waals surface area contributed by atoms with Gasteiger partial charge < -0.3 is 5.11 Å². The van der Waals surface area contributed by atoms with Crippen LogP contribution in [0.3, 0.4) is 0 Å². The molecule has 12 heavy (non-hydrogen) atoms. The van der Waals surface area contributed by atoms with Crippen molar-refractivity contribution in [1.82, 2.24) is 0 Å². The zero-order chi connectivity index (χ0) is 8.44. The van der Waals surface area contributed by atoms with Crippen LogP contribution in [0.25, 0.3) is 0 Å². The molecule has 2 rings (SSSR count). The lowest BCUT2D eigenvalue weighted by atomic mass is 10.1. The van der Waals surface area contributed by atoms with Crippen LogP contribution in [-0.2, 0) is 6.42 Å². The molecular formula is C10H14OS. The van der Waals surface area contributed by atoms with E-state index in [0.29, 0.717) is 0 Å². The van der Waals surface area contributed by atoms with Gasteiger partial charge in [-0.1, -0.05) is 0 Å². The SMILES string of the molecule is OC1(CCCc2ccsc2)CC1. The van der Waals surface area contributed by atoms with Crippen molar-refractivity contribution in [3.8, 4) is 0 Å². The number of hydrogen-bond donors (Lipinski definition) is 1. The Morgan fingerprint density at radius 2 is 2.33 bits per heavy atom. The first-order valence-electron chi connectivity index (χ1n) is 4.52. The standard InChI is InChI=1S/C10H14OS/c11-10(5-6-10)4-1-2-9-3-7-12-8-9/h3,7-8,11H,1-2,4-6H2. The third kappa shape index (κ3) is 2.08. The Balaban J connectivity index is 1.69. The van der Waals surface area contributed by atoms with Gasteiger partial charge >= 0.3 is 0 Å². The van der Waals surface area contributed by atoms with E-state index in [0.717, 1.165) is 32.1 Å². The maximum absolute atomic E-state index is 9.56. The molecule has 66 valence electrons. The van der Waals surface area contributed by atoms with E-state index < -0.39 is 0 Å². The number of aliphatic hydroxyl groups is 1. The third-order valence-corrected chi connectivity index (χ3v) is 3.25. The summed E-state index contributed by atoms with van der Waals surface area (Å²) < 4.78 is 0. The first kappa shape index (κ1) is 8.27. The predicted octanol–water partition coefficient (Wildman–Crippen LogP) is 2.60. The van der Waals surface area contributed by atoms with Crippen molar-refractivity contribution in [3.05, 3.63) is 22.4 Å². The zero-order valence-corrected chi connectivity index (χ0v) is 7.94. The molecule has 1 aromatic rings. The second-order valence-corrected chi connectivity index (χ2v) is 4.49. The van der Waals surface area contributed by atoms with Gasteiger partial charge in [0, 0.05) is 0 Å². The Morgan fingerprint density at radius 1 is 1.50 bits per heavy atom. The fourth-order valence-corrected chi connectivity index (χ4v) is 2.15. The van der Waals surface area contributed by atoms with E-state index in [4.69, 9.17) is 0 Å². The lowest BCUT2D eigenvalue weighted by molar-refractivity contribution is 0.137. The molecule has 0 radical (unpaired) electrons. The smallest absolute Gasteiger partial charge is 0.0650 e. The molecule has 1 saturated carbocycles. The van der Waals surface area contributed by atoms with Crippen LogP contribution in [0, 0.1) is 0 Å². The second kappa shape index (κ2) is 3.19. The molecule has 2 heteroatoms. The van der Waals surface area contributed by atoms with Gasteiger partial charge in [-0.25, -0.2) is 0 Å². The lowest BCUT2D eigenvalue weighted by Gasteiger charge is -2.05. The Bertz CT molecular complexity index is 236. The van der Waals surface area contributed by atoms with Gasteiger partial charge in [-0.05, 0) is 54.5 Å². The zero-order valence-electron chi connectivity index (χ0n) is 7.12. The molecule has 0 aromatic carbocycles. The average Bonchev–Trinajstić information content (AvgIpc) is 2.61. The van der Waals surface area contributed by atoms with Gasteiger partial charge in [-0.15, -0.1) is 0 Å². The maximum atomic E-state index is 9.56. The number of hydrogen-bond acceptors (Lipinski definition) is 2. The van der Waals surface area contributed by atoms with Crippen molar-refractivity contribution < 1.29 is 5.11 Å². The topological polar surface area (TPSA) is 20.2 Å². The predicted molar refractivity (Wildman–Crippen MR) is 51.4 cm³/mol. The normalized spacial score (nSPS) is 19.4. The molecule has 0 bridgehead atoms. The molecule has 1 N–H and O–H groups in total. The molecular weight excluding hydrogens is 168 g/mol. The van der Waals surface area contributed by atoms with Gasteiger partial charge in [0.25, 0.3) is 0 Å². The van der Waals surface area contributed by atoms with Crippen molar-refractivity contribution in [1.29, 1.82) is 0 Å². The quantitative estimate of drug-likeness (QED) is 0.759. The minimum atomic E-state index is -0.254. The summed E-state index contributed by atoms with van der Waals surface area (Å²) in [4.78, 5) is 0. The summed E-state index contributed by atoms with van der Waals surface area (Å²) in [5.74, 6) is 0. The van der Waals surface area contributed by atoms with Crippen molar-refractivity contribution in [2.45, 2.75) is 37.7 Å². The van der Waals surface area contributed by atoms with E-state index in [2.05, 4.69) is 16.8 Å². The largest absolute Gasteiger partial charge is 0.390 e. The summed E-state index contributed by atoms with van der Waals surface area (Å²) in [7, 11) is 0. The minimum Gasteiger partial charge on any atom is -0.390 e. The second-order valence-electron chi connectivity index (χ2n) is 3.71. The van der Waals surface area contributed by atoms with Crippen LogP contribution in [0.15, 0.2) is 16.8 Å². The molecule has 1 aliphatic carbocycles. The summed E-state index contributed by atoms with van der Waals surface area (Å²) in [6.45, 7) is 0. The van der Waals surface area contributed by atoms with E-state index >= 15 is 0 Å². The lowest BCUT2D eigenvalue weighted by Crippen LogP contribution is -2.05. The Morgan fingerprint density at radius 3 is 2.92 bits per heavy atom. The van der Waals surface area contributed by atoms with Crippen molar-refractivity contribution in [2.24, 2.45) is 0 Å². The Labute approximate surface area is 77.0 Å². The molecule has 0 spiro atoms. The van der Waals surface area contributed by atoms with E-state index in [1.54, 1.807) is 11.3 Å². The van der Waals surface area contributed by atoms with Crippen LogP contribution in [0.4, 0.5) is 0 Å².